The molecule has 0 unspecified atom stereocenters. The first-order valence-electron chi connectivity index (χ1n) is 5.48. The minimum Gasteiger partial charge on any atom is -0.480 e. The molecule has 0 aliphatic carbocycles. The topological polar surface area (TPSA) is 83.6 Å². The van der Waals surface area contributed by atoms with Gasteiger partial charge in [0.2, 0.25) is 0 Å². The molecule has 1 aromatic rings. The van der Waals surface area contributed by atoms with Crippen LogP contribution in [0.3, 0.4) is 0 Å². The minimum atomic E-state index is -0.958. The zero-order chi connectivity index (χ0) is 13.3. The Morgan fingerprint density at radius 3 is 2.83 bits per heavy atom. The van der Waals surface area contributed by atoms with Crippen molar-refractivity contribution in [1.82, 2.24) is 4.90 Å². The van der Waals surface area contributed by atoms with Crippen LogP contribution in [0.5, 0.6) is 0 Å². The van der Waals surface area contributed by atoms with Gasteiger partial charge in [-0.15, -0.1) is 11.8 Å². The first-order valence-corrected chi connectivity index (χ1v) is 6.64. The van der Waals surface area contributed by atoms with E-state index in [2.05, 4.69) is 0 Å². The summed E-state index contributed by atoms with van der Waals surface area (Å²) < 4.78 is 0. The van der Waals surface area contributed by atoms with Crippen molar-refractivity contribution in [2.24, 2.45) is 0 Å². The molecule has 0 bridgehead atoms. The molecule has 5 nitrogen and oxygen atoms in total. The Balaban J connectivity index is 2.25. The van der Waals surface area contributed by atoms with E-state index < -0.39 is 12.0 Å². The number of rotatable bonds is 2. The van der Waals surface area contributed by atoms with Gasteiger partial charge in [0.05, 0.1) is 5.88 Å². The third-order valence-electron chi connectivity index (χ3n) is 2.94. The summed E-state index contributed by atoms with van der Waals surface area (Å²) in [6, 6.07) is 4.26. The van der Waals surface area contributed by atoms with Gasteiger partial charge in [-0.05, 0) is 30.7 Å². The van der Waals surface area contributed by atoms with Crippen LogP contribution in [0.25, 0.3) is 0 Å². The van der Waals surface area contributed by atoms with Crippen molar-refractivity contribution < 1.29 is 14.7 Å². The number of nitrogens with two attached hydrogens (primary N) is 1. The largest absolute Gasteiger partial charge is 0.480 e. The fraction of sp³-hybridized carbons (Fsp3) is 0.333. The Labute approximate surface area is 109 Å². The summed E-state index contributed by atoms with van der Waals surface area (Å²) in [7, 11) is 0. The average Bonchev–Trinajstić information content (AvgIpc) is 2.81. The summed E-state index contributed by atoms with van der Waals surface area (Å²) in [4.78, 5) is 24.7. The molecular weight excluding hydrogens is 252 g/mol. The van der Waals surface area contributed by atoms with E-state index in [4.69, 9.17) is 10.8 Å². The van der Waals surface area contributed by atoms with Crippen LogP contribution in [0.1, 0.15) is 15.9 Å². The first kappa shape index (κ1) is 12.8. The Kier molecular flexibility index (Phi) is 3.47. The molecule has 0 radical (unpaired) electrons. The number of thioether (sulfide) groups is 1. The van der Waals surface area contributed by atoms with E-state index >= 15 is 0 Å². The van der Waals surface area contributed by atoms with Gasteiger partial charge in [-0.25, -0.2) is 4.79 Å². The van der Waals surface area contributed by atoms with Crippen molar-refractivity contribution in [2.75, 3.05) is 17.4 Å². The third-order valence-corrected chi connectivity index (χ3v) is 3.96. The number of amides is 1. The molecule has 0 aromatic heterocycles. The molecule has 2 rings (SSSR count). The standard InChI is InChI=1S/C12H14N2O3S/c1-7-4-8(2-3-9(7)13)11(15)14-6-18-5-10(14)12(16)17/h2-4,10H,5-6,13H2,1H3,(H,16,17)/t10-/m0/s1. The number of carbonyl (C=O) groups is 2. The number of carboxylic acid groups (broad SMARTS) is 1. The molecule has 6 heteroatoms. The normalized spacial score (nSPS) is 18.9. The predicted octanol–water partition coefficient (Wildman–Crippen LogP) is 1.18. The quantitative estimate of drug-likeness (QED) is 0.785. The second-order valence-corrected chi connectivity index (χ2v) is 5.20. The van der Waals surface area contributed by atoms with Crippen molar-refractivity contribution in [2.45, 2.75) is 13.0 Å². The van der Waals surface area contributed by atoms with Gasteiger partial charge in [-0.1, -0.05) is 0 Å². The summed E-state index contributed by atoms with van der Waals surface area (Å²) in [5.41, 5.74) is 7.62. The highest BCUT2D eigenvalue weighted by molar-refractivity contribution is 7.99. The number of aryl methyl sites for hydroxylation is 1. The lowest BCUT2D eigenvalue weighted by Gasteiger charge is -2.20. The number of nitrogens with zero attached hydrogens (tertiary/aromatic N) is 1. The maximum Gasteiger partial charge on any atom is 0.327 e. The SMILES string of the molecule is Cc1cc(C(=O)N2CSC[C@H]2C(=O)O)ccc1N. The molecule has 1 heterocycles. The monoisotopic (exact) mass is 266 g/mol. The molecule has 1 aromatic carbocycles. The van der Waals surface area contributed by atoms with Gasteiger partial charge in [0.1, 0.15) is 6.04 Å². The Morgan fingerprint density at radius 1 is 1.50 bits per heavy atom. The smallest absolute Gasteiger partial charge is 0.327 e. The molecule has 3 N–H and O–H groups in total. The van der Waals surface area contributed by atoms with Gasteiger partial charge in [0.15, 0.2) is 0 Å². The number of nitrogen functional groups attached to an aromatic ring is 1. The van der Waals surface area contributed by atoms with Gasteiger partial charge < -0.3 is 15.7 Å². The Bertz CT molecular complexity index is 504. The highest BCUT2D eigenvalue weighted by Gasteiger charge is 2.34. The van der Waals surface area contributed by atoms with Gasteiger partial charge in [-0.3, -0.25) is 4.79 Å². The van der Waals surface area contributed by atoms with Crippen LogP contribution in [-0.4, -0.2) is 39.6 Å². The summed E-state index contributed by atoms with van der Waals surface area (Å²) in [5.74, 6) is -0.357. The van der Waals surface area contributed by atoms with E-state index in [1.54, 1.807) is 18.2 Å². The molecular formula is C12H14N2O3S. The summed E-state index contributed by atoms with van der Waals surface area (Å²) >= 11 is 1.45. The molecule has 1 fully saturated rings. The number of carbonyl (C=O) groups excluding carboxylic acids is 1. The van der Waals surface area contributed by atoms with E-state index in [9.17, 15) is 9.59 Å². The summed E-state index contributed by atoms with van der Waals surface area (Å²) in [5, 5.41) is 9.05. The number of benzene rings is 1. The van der Waals surface area contributed by atoms with Crippen molar-refractivity contribution in [3.63, 3.8) is 0 Å². The van der Waals surface area contributed by atoms with Gasteiger partial charge in [-0.2, -0.15) is 0 Å². The number of hydrogen-bond acceptors (Lipinski definition) is 4. The Morgan fingerprint density at radius 2 is 2.22 bits per heavy atom. The second-order valence-electron chi connectivity index (χ2n) is 4.20. The fourth-order valence-electron chi connectivity index (χ4n) is 1.82. The van der Waals surface area contributed by atoms with Crippen LogP contribution in [0.2, 0.25) is 0 Å². The zero-order valence-corrected chi connectivity index (χ0v) is 10.7. The average molecular weight is 266 g/mol. The number of hydrogen-bond donors (Lipinski definition) is 2. The maximum absolute atomic E-state index is 12.2. The van der Waals surface area contributed by atoms with E-state index in [-0.39, 0.29) is 5.91 Å². The van der Waals surface area contributed by atoms with E-state index in [0.29, 0.717) is 22.9 Å². The Hall–Kier alpha value is -1.69. The lowest BCUT2D eigenvalue weighted by Crippen LogP contribution is -2.41. The van der Waals surface area contributed by atoms with Gasteiger partial charge >= 0.3 is 5.97 Å². The van der Waals surface area contributed by atoms with E-state index in [0.717, 1.165) is 5.56 Å². The molecule has 0 spiro atoms. The lowest BCUT2D eigenvalue weighted by molar-refractivity contribution is -0.140. The highest BCUT2D eigenvalue weighted by atomic mass is 32.2. The zero-order valence-electron chi connectivity index (χ0n) is 9.92. The lowest BCUT2D eigenvalue weighted by atomic mass is 10.1. The van der Waals surface area contributed by atoms with E-state index in [1.165, 1.54) is 16.7 Å². The highest BCUT2D eigenvalue weighted by Crippen LogP contribution is 2.24. The number of aliphatic carboxylic acids is 1. The van der Waals surface area contributed by atoms with Crippen LogP contribution in [0.4, 0.5) is 5.69 Å². The van der Waals surface area contributed by atoms with Crippen molar-refractivity contribution >= 4 is 29.3 Å². The molecule has 1 atom stereocenters. The van der Waals surface area contributed by atoms with Crippen LogP contribution >= 0.6 is 11.8 Å². The number of anilines is 1. The van der Waals surface area contributed by atoms with Crippen LogP contribution in [0.15, 0.2) is 18.2 Å². The molecule has 1 saturated heterocycles. The van der Waals surface area contributed by atoms with Gasteiger partial charge in [0.25, 0.3) is 5.91 Å². The molecule has 1 aliphatic heterocycles. The molecule has 96 valence electrons. The molecule has 1 amide bonds. The van der Waals surface area contributed by atoms with Gasteiger partial charge in [0, 0.05) is 17.0 Å². The van der Waals surface area contributed by atoms with Crippen LogP contribution < -0.4 is 5.73 Å². The predicted molar refractivity (Wildman–Crippen MR) is 70.5 cm³/mol. The number of carboxylic acids is 1. The fourth-order valence-corrected chi connectivity index (χ4v) is 2.97. The van der Waals surface area contributed by atoms with Crippen LogP contribution in [0, 0.1) is 6.92 Å². The van der Waals surface area contributed by atoms with E-state index in [1.807, 2.05) is 6.92 Å². The molecule has 18 heavy (non-hydrogen) atoms. The molecule has 0 saturated carbocycles. The first-order chi connectivity index (χ1) is 8.50. The van der Waals surface area contributed by atoms with Crippen LogP contribution in [-0.2, 0) is 4.79 Å². The maximum atomic E-state index is 12.2. The second kappa shape index (κ2) is 4.89. The third kappa shape index (κ3) is 2.28. The minimum absolute atomic E-state index is 0.254. The van der Waals surface area contributed by atoms with Crippen molar-refractivity contribution in [3.05, 3.63) is 29.3 Å². The summed E-state index contributed by atoms with van der Waals surface area (Å²) in [6.45, 7) is 1.82. The van der Waals surface area contributed by atoms with Crippen molar-refractivity contribution in [1.29, 1.82) is 0 Å². The molecule has 1 aliphatic rings. The summed E-state index contributed by atoms with van der Waals surface area (Å²) in [6.07, 6.45) is 0. The van der Waals surface area contributed by atoms with Crippen molar-refractivity contribution in [3.8, 4) is 0 Å².